The molecule has 0 radical (unpaired) electrons. The van der Waals surface area contributed by atoms with Crippen LogP contribution in [0.2, 0.25) is 0 Å². The van der Waals surface area contributed by atoms with E-state index < -0.39 is 0 Å². The van der Waals surface area contributed by atoms with Crippen molar-refractivity contribution in [1.29, 1.82) is 0 Å². The molecule has 4 aliphatic rings. The van der Waals surface area contributed by atoms with Crippen LogP contribution in [0, 0.1) is 23.2 Å². The molecule has 4 saturated carbocycles. The van der Waals surface area contributed by atoms with Crippen molar-refractivity contribution in [2.45, 2.75) is 32.1 Å². The molecule has 0 aromatic rings. The molecule has 0 amide bonds. The fourth-order valence-corrected chi connectivity index (χ4v) is 4.62. The molecule has 11 heavy (non-hydrogen) atoms. The lowest BCUT2D eigenvalue weighted by atomic mass is 9.77. The number of alkyl halides is 1. The van der Waals surface area contributed by atoms with Crippen molar-refractivity contribution >= 4 is 11.6 Å². The lowest BCUT2D eigenvalue weighted by molar-refractivity contribution is 0.228. The van der Waals surface area contributed by atoms with Gasteiger partial charge in [-0.1, -0.05) is 0 Å². The van der Waals surface area contributed by atoms with Gasteiger partial charge in [0.15, 0.2) is 0 Å². The third-order valence-corrected chi connectivity index (χ3v) is 4.96. The van der Waals surface area contributed by atoms with Gasteiger partial charge in [0.1, 0.15) is 0 Å². The lowest BCUT2D eigenvalue weighted by Crippen LogP contribution is -2.24. The third kappa shape index (κ3) is 0.722. The summed E-state index contributed by atoms with van der Waals surface area (Å²) < 4.78 is 0. The summed E-state index contributed by atoms with van der Waals surface area (Å²) in [6, 6.07) is 0. The van der Waals surface area contributed by atoms with Gasteiger partial charge in [-0.05, 0) is 55.3 Å². The van der Waals surface area contributed by atoms with Crippen LogP contribution in [-0.2, 0) is 0 Å². The molecular formula is C10H15Cl. The molecule has 0 spiro atoms. The zero-order chi connectivity index (χ0) is 7.47. The van der Waals surface area contributed by atoms with Crippen molar-refractivity contribution in [2.24, 2.45) is 23.2 Å². The van der Waals surface area contributed by atoms with Crippen molar-refractivity contribution in [3.8, 4) is 0 Å². The molecule has 0 heterocycles. The van der Waals surface area contributed by atoms with E-state index in [2.05, 4.69) is 0 Å². The number of rotatable bonds is 1. The summed E-state index contributed by atoms with van der Waals surface area (Å²) in [5.41, 5.74) is 0.634. The maximum absolute atomic E-state index is 6.09. The number of halogens is 1. The first-order chi connectivity index (χ1) is 5.32. The van der Waals surface area contributed by atoms with E-state index in [-0.39, 0.29) is 0 Å². The first-order valence-electron chi connectivity index (χ1n) is 4.88. The fraction of sp³-hybridized carbons (Fsp3) is 1.00. The highest BCUT2D eigenvalue weighted by molar-refractivity contribution is 6.18. The Morgan fingerprint density at radius 3 is 2.18 bits per heavy atom. The number of hydrogen-bond acceptors (Lipinski definition) is 0. The van der Waals surface area contributed by atoms with Gasteiger partial charge in [-0.2, -0.15) is 0 Å². The van der Waals surface area contributed by atoms with E-state index in [1.807, 2.05) is 0 Å². The second kappa shape index (κ2) is 1.96. The van der Waals surface area contributed by atoms with Crippen LogP contribution < -0.4 is 0 Å². The lowest BCUT2D eigenvalue weighted by Gasteiger charge is -2.30. The molecule has 2 unspecified atom stereocenters. The molecule has 62 valence electrons. The van der Waals surface area contributed by atoms with Crippen molar-refractivity contribution in [1.82, 2.24) is 0 Å². The standard InChI is InChI=1S/C10H15Cl/c11-6-10-4-7-1-8(5-10)3-9(10)2-7/h7-9H,1-6H2. The van der Waals surface area contributed by atoms with Crippen molar-refractivity contribution < 1.29 is 0 Å². The fourth-order valence-electron chi connectivity index (χ4n) is 4.18. The van der Waals surface area contributed by atoms with Crippen molar-refractivity contribution in [2.75, 3.05) is 5.88 Å². The Bertz CT molecular complexity index is 173. The highest BCUT2D eigenvalue weighted by Crippen LogP contribution is 2.65. The summed E-state index contributed by atoms with van der Waals surface area (Å²) in [5.74, 6) is 4.13. The summed E-state index contributed by atoms with van der Waals surface area (Å²) in [5, 5.41) is 0. The van der Waals surface area contributed by atoms with E-state index in [1.165, 1.54) is 32.1 Å². The molecule has 0 aliphatic heterocycles. The van der Waals surface area contributed by atoms with E-state index in [9.17, 15) is 0 Å². The van der Waals surface area contributed by atoms with Crippen LogP contribution in [0.15, 0.2) is 0 Å². The van der Waals surface area contributed by atoms with Gasteiger partial charge < -0.3 is 0 Å². The molecule has 4 bridgehead atoms. The Morgan fingerprint density at radius 2 is 1.73 bits per heavy atom. The molecule has 1 heteroatoms. The van der Waals surface area contributed by atoms with Crippen LogP contribution in [0.4, 0.5) is 0 Å². The Morgan fingerprint density at radius 1 is 1.09 bits per heavy atom. The van der Waals surface area contributed by atoms with E-state index in [1.54, 1.807) is 0 Å². The molecule has 0 N–H and O–H groups in total. The highest BCUT2D eigenvalue weighted by Gasteiger charge is 2.56. The van der Waals surface area contributed by atoms with Crippen LogP contribution in [0.25, 0.3) is 0 Å². The maximum atomic E-state index is 6.09. The van der Waals surface area contributed by atoms with Crippen LogP contribution in [0.3, 0.4) is 0 Å². The van der Waals surface area contributed by atoms with Gasteiger partial charge in [0.05, 0.1) is 0 Å². The van der Waals surface area contributed by atoms with Crippen LogP contribution in [-0.4, -0.2) is 5.88 Å². The van der Waals surface area contributed by atoms with Gasteiger partial charge in [0, 0.05) is 5.88 Å². The Balaban J connectivity index is 1.98. The summed E-state index contributed by atoms with van der Waals surface area (Å²) in [7, 11) is 0. The molecule has 4 aliphatic carbocycles. The van der Waals surface area contributed by atoms with Crippen LogP contribution in [0.1, 0.15) is 32.1 Å². The molecule has 4 fully saturated rings. The van der Waals surface area contributed by atoms with Crippen LogP contribution in [0.5, 0.6) is 0 Å². The minimum atomic E-state index is 0.634. The highest BCUT2D eigenvalue weighted by atomic mass is 35.5. The maximum Gasteiger partial charge on any atom is 0.0282 e. The van der Waals surface area contributed by atoms with Crippen molar-refractivity contribution in [3.05, 3.63) is 0 Å². The van der Waals surface area contributed by atoms with E-state index in [0.717, 1.165) is 23.6 Å². The first-order valence-corrected chi connectivity index (χ1v) is 5.42. The van der Waals surface area contributed by atoms with Gasteiger partial charge in [-0.3, -0.25) is 0 Å². The van der Waals surface area contributed by atoms with Crippen molar-refractivity contribution in [3.63, 3.8) is 0 Å². The van der Waals surface area contributed by atoms with Gasteiger partial charge in [-0.25, -0.2) is 0 Å². The minimum Gasteiger partial charge on any atom is -0.126 e. The van der Waals surface area contributed by atoms with E-state index >= 15 is 0 Å². The SMILES string of the molecule is ClCC12CC3CC(CC1C3)C2. The quantitative estimate of drug-likeness (QED) is 0.531. The van der Waals surface area contributed by atoms with Gasteiger partial charge in [-0.15, -0.1) is 11.6 Å². The van der Waals surface area contributed by atoms with E-state index in [4.69, 9.17) is 11.6 Å². The molecule has 0 aromatic heterocycles. The predicted molar refractivity (Wildman–Crippen MR) is 46.7 cm³/mol. The molecule has 0 nitrogen and oxygen atoms in total. The average Bonchev–Trinajstić information content (AvgIpc) is 2.37. The van der Waals surface area contributed by atoms with Gasteiger partial charge >= 0.3 is 0 Å². The Labute approximate surface area is 73.3 Å². The second-order valence-electron chi connectivity index (χ2n) is 5.04. The summed E-state index contributed by atoms with van der Waals surface area (Å²) in [4.78, 5) is 0. The predicted octanol–water partition coefficient (Wildman–Crippen LogP) is 3.05. The van der Waals surface area contributed by atoms with Gasteiger partial charge in [0.2, 0.25) is 0 Å². The third-order valence-electron chi connectivity index (χ3n) is 4.42. The zero-order valence-electron chi connectivity index (χ0n) is 6.85. The monoisotopic (exact) mass is 170 g/mol. The summed E-state index contributed by atoms with van der Waals surface area (Å²) in [6.07, 6.45) is 7.51. The largest absolute Gasteiger partial charge is 0.126 e. The molecule has 0 aromatic carbocycles. The number of hydrogen-bond donors (Lipinski definition) is 0. The summed E-state index contributed by atoms with van der Waals surface area (Å²) >= 11 is 6.09. The smallest absolute Gasteiger partial charge is 0.0282 e. The van der Waals surface area contributed by atoms with Gasteiger partial charge in [0.25, 0.3) is 0 Å². The Hall–Kier alpha value is 0.290. The second-order valence-corrected chi connectivity index (χ2v) is 5.31. The molecule has 4 rings (SSSR count). The first kappa shape index (κ1) is 6.77. The zero-order valence-corrected chi connectivity index (χ0v) is 7.61. The Kier molecular flexibility index (Phi) is 1.21. The molecule has 0 saturated heterocycles. The average molecular weight is 171 g/mol. The molecule has 2 atom stereocenters. The minimum absolute atomic E-state index is 0.634. The molecular weight excluding hydrogens is 156 g/mol. The van der Waals surface area contributed by atoms with Crippen LogP contribution >= 0.6 is 11.6 Å². The topological polar surface area (TPSA) is 0 Å². The summed E-state index contributed by atoms with van der Waals surface area (Å²) in [6.45, 7) is 0. The van der Waals surface area contributed by atoms with E-state index in [0.29, 0.717) is 5.41 Å². The normalized spacial score (nSPS) is 59.2.